The summed E-state index contributed by atoms with van der Waals surface area (Å²) in [6, 6.07) is 12.1. The Labute approximate surface area is 161 Å². The van der Waals surface area contributed by atoms with Crippen LogP contribution in [0.15, 0.2) is 52.4 Å². The fraction of sp³-hybridized carbons (Fsp3) is 0.200. The van der Waals surface area contributed by atoms with Crippen molar-refractivity contribution in [1.82, 2.24) is 15.2 Å². The predicted octanol–water partition coefficient (Wildman–Crippen LogP) is 2.20. The molecule has 0 saturated heterocycles. The number of methoxy groups -OCH3 is 2. The van der Waals surface area contributed by atoms with Crippen molar-refractivity contribution in [2.75, 3.05) is 14.2 Å². The van der Waals surface area contributed by atoms with Gasteiger partial charge in [0.15, 0.2) is 5.69 Å². The second-order valence-corrected chi connectivity index (χ2v) is 5.82. The van der Waals surface area contributed by atoms with Gasteiger partial charge in [-0.25, -0.2) is 10.1 Å². The number of amides is 1. The van der Waals surface area contributed by atoms with Crippen LogP contribution in [-0.2, 0) is 6.54 Å². The number of carbonyl (C=O) groups excluding carboxylic acids is 1. The number of nitrogens with zero attached hydrogens (tertiary/aromatic N) is 3. The van der Waals surface area contributed by atoms with E-state index in [0.29, 0.717) is 34.4 Å². The Bertz CT molecular complexity index is 1110. The number of hydrogen-bond donors (Lipinski definition) is 1. The number of aryl methyl sites for hydroxylation is 1. The minimum Gasteiger partial charge on any atom is -0.497 e. The van der Waals surface area contributed by atoms with Gasteiger partial charge >= 0.3 is 0 Å². The van der Waals surface area contributed by atoms with Crippen LogP contribution in [0.4, 0.5) is 0 Å². The van der Waals surface area contributed by atoms with Gasteiger partial charge in [0.1, 0.15) is 11.5 Å². The molecule has 2 aromatic carbocycles. The summed E-state index contributed by atoms with van der Waals surface area (Å²) in [4.78, 5) is 25.0. The van der Waals surface area contributed by atoms with E-state index in [1.807, 2.05) is 0 Å². The fourth-order valence-electron chi connectivity index (χ4n) is 2.76. The van der Waals surface area contributed by atoms with Crippen LogP contribution in [-0.4, -0.2) is 36.1 Å². The molecule has 3 rings (SSSR count). The molecule has 0 radical (unpaired) electrons. The van der Waals surface area contributed by atoms with Gasteiger partial charge in [0, 0.05) is 23.6 Å². The van der Waals surface area contributed by atoms with E-state index in [0.717, 1.165) is 0 Å². The van der Waals surface area contributed by atoms with Crippen molar-refractivity contribution in [2.24, 2.45) is 5.10 Å². The lowest BCUT2D eigenvalue weighted by molar-refractivity contribution is 0.0949. The normalized spacial score (nSPS) is 11.0. The molecular weight excluding hydrogens is 360 g/mol. The van der Waals surface area contributed by atoms with E-state index in [4.69, 9.17) is 9.47 Å². The average Bonchev–Trinajstić information content (AvgIpc) is 2.74. The zero-order valence-corrected chi connectivity index (χ0v) is 15.8. The van der Waals surface area contributed by atoms with Gasteiger partial charge in [0.25, 0.3) is 11.5 Å². The lowest BCUT2D eigenvalue weighted by Gasteiger charge is -2.09. The average molecular weight is 380 g/mol. The first kappa shape index (κ1) is 19.1. The van der Waals surface area contributed by atoms with Gasteiger partial charge in [-0.15, -0.1) is 0 Å². The van der Waals surface area contributed by atoms with Crippen molar-refractivity contribution < 1.29 is 14.3 Å². The molecule has 8 nitrogen and oxygen atoms in total. The summed E-state index contributed by atoms with van der Waals surface area (Å²) < 4.78 is 11.7. The highest BCUT2D eigenvalue weighted by Gasteiger charge is 2.15. The molecule has 0 bridgehead atoms. The SMILES string of the molecule is CCn1nc(C(=O)N/N=C\c2ccc(OC)cc2OC)c2ccccc2c1=O. The van der Waals surface area contributed by atoms with E-state index in [1.54, 1.807) is 56.5 Å². The molecule has 3 aromatic rings. The van der Waals surface area contributed by atoms with Crippen molar-refractivity contribution in [1.29, 1.82) is 0 Å². The minimum absolute atomic E-state index is 0.135. The van der Waals surface area contributed by atoms with E-state index >= 15 is 0 Å². The van der Waals surface area contributed by atoms with Crippen LogP contribution in [0.5, 0.6) is 11.5 Å². The highest BCUT2D eigenvalue weighted by atomic mass is 16.5. The van der Waals surface area contributed by atoms with Crippen molar-refractivity contribution in [3.05, 3.63) is 64.1 Å². The maximum atomic E-state index is 12.6. The molecule has 28 heavy (non-hydrogen) atoms. The van der Waals surface area contributed by atoms with Gasteiger partial charge in [0.2, 0.25) is 0 Å². The van der Waals surface area contributed by atoms with E-state index in [-0.39, 0.29) is 11.3 Å². The first-order valence-electron chi connectivity index (χ1n) is 8.64. The third-order valence-electron chi connectivity index (χ3n) is 4.19. The molecule has 0 aliphatic rings. The summed E-state index contributed by atoms with van der Waals surface area (Å²) in [6.45, 7) is 2.15. The maximum Gasteiger partial charge on any atom is 0.292 e. The number of nitrogens with one attached hydrogen (secondary N) is 1. The van der Waals surface area contributed by atoms with Gasteiger partial charge in [-0.2, -0.15) is 10.2 Å². The quantitative estimate of drug-likeness (QED) is 0.523. The zero-order chi connectivity index (χ0) is 20.1. The number of benzene rings is 2. The predicted molar refractivity (Wildman–Crippen MR) is 106 cm³/mol. The number of hydrogen-bond acceptors (Lipinski definition) is 6. The van der Waals surface area contributed by atoms with Gasteiger partial charge in [0.05, 0.1) is 25.8 Å². The van der Waals surface area contributed by atoms with Gasteiger partial charge in [-0.1, -0.05) is 18.2 Å². The number of hydrazone groups is 1. The van der Waals surface area contributed by atoms with E-state index in [9.17, 15) is 9.59 Å². The largest absolute Gasteiger partial charge is 0.497 e. The van der Waals surface area contributed by atoms with E-state index in [2.05, 4.69) is 15.6 Å². The van der Waals surface area contributed by atoms with E-state index in [1.165, 1.54) is 18.0 Å². The fourth-order valence-corrected chi connectivity index (χ4v) is 2.76. The highest BCUT2D eigenvalue weighted by molar-refractivity contribution is 6.05. The Hall–Kier alpha value is -3.68. The molecule has 0 saturated carbocycles. The third-order valence-corrected chi connectivity index (χ3v) is 4.19. The molecular formula is C20H20N4O4. The minimum atomic E-state index is -0.512. The number of carbonyl (C=O) groups is 1. The first-order chi connectivity index (χ1) is 13.6. The lowest BCUT2D eigenvalue weighted by atomic mass is 10.1. The zero-order valence-electron chi connectivity index (χ0n) is 15.8. The molecule has 1 heterocycles. The maximum absolute atomic E-state index is 12.6. The summed E-state index contributed by atoms with van der Waals surface area (Å²) in [6.07, 6.45) is 1.47. The van der Waals surface area contributed by atoms with Gasteiger partial charge < -0.3 is 9.47 Å². The molecule has 1 N–H and O–H groups in total. The lowest BCUT2D eigenvalue weighted by Crippen LogP contribution is -2.28. The first-order valence-corrected chi connectivity index (χ1v) is 8.64. The number of fused-ring (bicyclic) bond motifs is 1. The highest BCUT2D eigenvalue weighted by Crippen LogP contribution is 2.23. The Morgan fingerprint density at radius 2 is 1.93 bits per heavy atom. The molecule has 144 valence electrons. The molecule has 0 aliphatic carbocycles. The molecule has 0 unspecified atom stereocenters. The van der Waals surface area contributed by atoms with Crippen LogP contribution >= 0.6 is 0 Å². The van der Waals surface area contributed by atoms with Crippen LogP contribution < -0.4 is 20.5 Å². The summed E-state index contributed by atoms with van der Waals surface area (Å²) in [5.41, 5.74) is 3.02. The van der Waals surface area contributed by atoms with Crippen molar-refractivity contribution in [2.45, 2.75) is 13.5 Å². The van der Waals surface area contributed by atoms with Crippen molar-refractivity contribution in [3.63, 3.8) is 0 Å². The molecule has 0 fully saturated rings. The molecule has 1 amide bonds. The molecule has 0 spiro atoms. The van der Waals surface area contributed by atoms with Crippen LogP contribution in [0.25, 0.3) is 10.8 Å². The monoisotopic (exact) mass is 380 g/mol. The Morgan fingerprint density at radius 3 is 2.61 bits per heavy atom. The number of ether oxygens (including phenoxy) is 2. The second-order valence-electron chi connectivity index (χ2n) is 5.82. The summed E-state index contributed by atoms with van der Waals surface area (Å²) in [7, 11) is 3.10. The number of rotatable bonds is 6. The molecule has 0 atom stereocenters. The van der Waals surface area contributed by atoms with Crippen molar-refractivity contribution >= 4 is 22.9 Å². The molecule has 1 aromatic heterocycles. The Kier molecular flexibility index (Phi) is 5.69. The summed E-state index contributed by atoms with van der Waals surface area (Å²) >= 11 is 0. The summed E-state index contributed by atoms with van der Waals surface area (Å²) in [5.74, 6) is 0.693. The topological polar surface area (TPSA) is 94.8 Å². The third kappa shape index (κ3) is 3.71. The number of aromatic nitrogens is 2. The van der Waals surface area contributed by atoms with Crippen molar-refractivity contribution in [3.8, 4) is 11.5 Å². The Morgan fingerprint density at radius 1 is 1.18 bits per heavy atom. The molecule has 0 aliphatic heterocycles. The summed E-state index contributed by atoms with van der Waals surface area (Å²) in [5, 5.41) is 9.09. The van der Waals surface area contributed by atoms with Crippen LogP contribution in [0.2, 0.25) is 0 Å². The standard InChI is InChI=1S/C20H20N4O4/c1-4-24-20(26)16-8-6-5-7-15(16)18(23-24)19(25)22-21-12-13-9-10-14(27-2)11-17(13)28-3/h5-12H,4H2,1-3H3,(H,22,25)/b21-12-. The molecule has 8 heteroatoms. The smallest absolute Gasteiger partial charge is 0.292 e. The Balaban J connectivity index is 1.89. The van der Waals surface area contributed by atoms with Gasteiger partial charge in [-0.3, -0.25) is 9.59 Å². The van der Waals surface area contributed by atoms with E-state index < -0.39 is 5.91 Å². The van der Waals surface area contributed by atoms with Gasteiger partial charge in [-0.05, 0) is 25.1 Å². The second kappa shape index (κ2) is 8.34. The van der Waals surface area contributed by atoms with Crippen LogP contribution in [0.1, 0.15) is 23.0 Å². The van der Waals surface area contributed by atoms with Crippen LogP contribution in [0, 0.1) is 0 Å². The van der Waals surface area contributed by atoms with Crippen LogP contribution in [0.3, 0.4) is 0 Å².